The number of anilines is 1. The molecule has 0 spiro atoms. The first-order valence-corrected chi connectivity index (χ1v) is 7.48. The molecule has 22 heavy (non-hydrogen) atoms. The highest BCUT2D eigenvalue weighted by Crippen LogP contribution is 2.11. The molecule has 0 bridgehead atoms. The Morgan fingerprint density at radius 2 is 1.77 bits per heavy atom. The first-order valence-electron chi connectivity index (χ1n) is 7.48. The molecule has 0 heterocycles. The summed E-state index contributed by atoms with van der Waals surface area (Å²) in [5, 5.41) is 3.30. The van der Waals surface area contributed by atoms with E-state index >= 15 is 0 Å². The standard InChI is InChI=1S/C18H21NO3/c1-2-21-18(20)15-9-11-16(12-10-15)19-13-6-14-22-17-7-4-3-5-8-17/h3-5,7-12,19H,2,6,13-14H2,1H3. The summed E-state index contributed by atoms with van der Waals surface area (Å²) >= 11 is 0. The fraction of sp³-hybridized carbons (Fsp3) is 0.278. The first-order chi connectivity index (χ1) is 10.8. The molecule has 2 rings (SSSR count). The van der Waals surface area contributed by atoms with Crippen LogP contribution in [0, 0.1) is 0 Å². The predicted molar refractivity (Wildman–Crippen MR) is 87.4 cm³/mol. The zero-order chi connectivity index (χ0) is 15.6. The molecular weight excluding hydrogens is 278 g/mol. The van der Waals surface area contributed by atoms with Crippen LogP contribution >= 0.6 is 0 Å². The van der Waals surface area contributed by atoms with Crippen molar-refractivity contribution in [1.82, 2.24) is 0 Å². The Labute approximate surface area is 131 Å². The second-order valence-electron chi connectivity index (χ2n) is 4.74. The molecule has 2 aromatic rings. The lowest BCUT2D eigenvalue weighted by molar-refractivity contribution is 0.0526. The summed E-state index contributed by atoms with van der Waals surface area (Å²) in [6.07, 6.45) is 0.897. The normalized spacial score (nSPS) is 10.0. The number of esters is 1. The average Bonchev–Trinajstić information content (AvgIpc) is 2.56. The van der Waals surface area contributed by atoms with Gasteiger partial charge >= 0.3 is 5.97 Å². The van der Waals surface area contributed by atoms with Crippen molar-refractivity contribution >= 4 is 11.7 Å². The molecule has 0 amide bonds. The number of hydrogen-bond donors (Lipinski definition) is 1. The van der Waals surface area contributed by atoms with Gasteiger partial charge in [-0.3, -0.25) is 0 Å². The number of carbonyl (C=O) groups excluding carboxylic acids is 1. The Morgan fingerprint density at radius 3 is 2.45 bits per heavy atom. The van der Waals surface area contributed by atoms with E-state index in [0.717, 1.165) is 24.4 Å². The minimum Gasteiger partial charge on any atom is -0.494 e. The van der Waals surface area contributed by atoms with Gasteiger partial charge in [-0.15, -0.1) is 0 Å². The van der Waals surface area contributed by atoms with Crippen LogP contribution in [0.2, 0.25) is 0 Å². The maximum absolute atomic E-state index is 11.5. The van der Waals surface area contributed by atoms with Crippen molar-refractivity contribution in [3.05, 3.63) is 60.2 Å². The molecule has 0 fully saturated rings. The van der Waals surface area contributed by atoms with Crippen molar-refractivity contribution in [2.24, 2.45) is 0 Å². The van der Waals surface area contributed by atoms with Crippen LogP contribution in [0.3, 0.4) is 0 Å². The fourth-order valence-corrected chi connectivity index (χ4v) is 1.95. The number of hydrogen-bond acceptors (Lipinski definition) is 4. The van der Waals surface area contributed by atoms with Crippen LogP contribution in [-0.2, 0) is 4.74 Å². The quantitative estimate of drug-likeness (QED) is 0.596. The third-order valence-electron chi connectivity index (χ3n) is 3.06. The van der Waals surface area contributed by atoms with Crippen LogP contribution in [-0.4, -0.2) is 25.7 Å². The van der Waals surface area contributed by atoms with Crippen molar-refractivity contribution in [2.45, 2.75) is 13.3 Å². The average molecular weight is 299 g/mol. The van der Waals surface area contributed by atoms with Gasteiger partial charge in [-0.2, -0.15) is 0 Å². The molecule has 0 radical (unpaired) electrons. The van der Waals surface area contributed by atoms with E-state index in [2.05, 4.69) is 5.32 Å². The molecule has 4 heteroatoms. The molecule has 0 saturated heterocycles. The molecule has 0 unspecified atom stereocenters. The number of rotatable bonds is 8. The zero-order valence-corrected chi connectivity index (χ0v) is 12.7. The van der Waals surface area contributed by atoms with Crippen LogP contribution in [0.4, 0.5) is 5.69 Å². The first kappa shape index (κ1) is 15.9. The van der Waals surface area contributed by atoms with Crippen LogP contribution in [0.1, 0.15) is 23.7 Å². The van der Waals surface area contributed by atoms with Crippen LogP contribution in [0.25, 0.3) is 0 Å². The number of nitrogens with one attached hydrogen (secondary N) is 1. The summed E-state index contributed by atoms with van der Waals surface area (Å²) in [6, 6.07) is 17.1. The van der Waals surface area contributed by atoms with E-state index in [0.29, 0.717) is 18.8 Å². The van der Waals surface area contributed by atoms with Gasteiger partial charge in [0, 0.05) is 12.2 Å². The van der Waals surface area contributed by atoms with Crippen molar-refractivity contribution < 1.29 is 14.3 Å². The maximum atomic E-state index is 11.5. The lowest BCUT2D eigenvalue weighted by Crippen LogP contribution is -2.08. The Morgan fingerprint density at radius 1 is 1.05 bits per heavy atom. The van der Waals surface area contributed by atoms with E-state index in [1.807, 2.05) is 42.5 Å². The third-order valence-corrected chi connectivity index (χ3v) is 3.06. The van der Waals surface area contributed by atoms with Crippen molar-refractivity contribution in [3.63, 3.8) is 0 Å². The Hall–Kier alpha value is -2.49. The van der Waals surface area contributed by atoms with Gasteiger partial charge in [0.1, 0.15) is 5.75 Å². The van der Waals surface area contributed by atoms with Crippen molar-refractivity contribution in [3.8, 4) is 5.75 Å². The molecule has 1 N–H and O–H groups in total. The number of ether oxygens (including phenoxy) is 2. The molecule has 0 aliphatic rings. The van der Waals surface area contributed by atoms with Gasteiger partial charge in [0.2, 0.25) is 0 Å². The monoisotopic (exact) mass is 299 g/mol. The van der Waals surface area contributed by atoms with E-state index in [1.165, 1.54) is 0 Å². The van der Waals surface area contributed by atoms with E-state index in [9.17, 15) is 4.79 Å². The van der Waals surface area contributed by atoms with E-state index in [-0.39, 0.29) is 5.97 Å². The molecule has 0 aromatic heterocycles. The summed E-state index contributed by atoms with van der Waals surface area (Å²) in [5.41, 5.74) is 1.55. The van der Waals surface area contributed by atoms with Gasteiger partial charge in [0.15, 0.2) is 0 Å². The predicted octanol–water partition coefficient (Wildman–Crippen LogP) is 3.74. The van der Waals surface area contributed by atoms with Gasteiger partial charge in [-0.1, -0.05) is 18.2 Å². The highest BCUT2D eigenvalue weighted by Gasteiger charge is 2.05. The Kier molecular flexibility index (Phi) is 6.30. The highest BCUT2D eigenvalue weighted by atomic mass is 16.5. The minimum atomic E-state index is -0.287. The van der Waals surface area contributed by atoms with Gasteiger partial charge in [0.05, 0.1) is 18.8 Å². The van der Waals surface area contributed by atoms with Gasteiger partial charge < -0.3 is 14.8 Å². The number of carbonyl (C=O) groups is 1. The summed E-state index contributed by atoms with van der Waals surface area (Å²) in [5.74, 6) is 0.603. The summed E-state index contributed by atoms with van der Waals surface area (Å²) < 4.78 is 10.6. The molecule has 2 aromatic carbocycles. The highest BCUT2D eigenvalue weighted by molar-refractivity contribution is 5.89. The largest absolute Gasteiger partial charge is 0.494 e. The van der Waals surface area contributed by atoms with E-state index in [4.69, 9.17) is 9.47 Å². The molecule has 4 nitrogen and oxygen atoms in total. The second-order valence-corrected chi connectivity index (χ2v) is 4.74. The van der Waals surface area contributed by atoms with Gasteiger partial charge in [-0.25, -0.2) is 4.79 Å². The zero-order valence-electron chi connectivity index (χ0n) is 12.7. The van der Waals surface area contributed by atoms with Crippen LogP contribution in [0.15, 0.2) is 54.6 Å². The SMILES string of the molecule is CCOC(=O)c1ccc(NCCCOc2ccccc2)cc1. The molecule has 0 atom stereocenters. The summed E-state index contributed by atoms with van der Waals surface area (Å²) in [7, 11) is 0. The van der Waals surface area contributed by atoms with Crippen LogP contribution < -0.4 is 10.1 Å². The summed E-state index contributed by atoms with van der Waals surface area (Å²) in [6.45, 7) is 3.66. The lowest BCUT2D eigenvalue weighted by atomic mass is 10.2. The summed E-state index contributed by atoms with van der Waals surface area (Å²) in [4.78, 5) is 11.5. The van der Waals surface area contributed by atoms with Crippen molar-refractivity contribution in [2.75, 3.05) is 25.1 Å². The second kappa shape index (κ2) is 8.72. The topological polar surface area (TPSA) is 47.6 Å². The molecule has 116 valence electrons. The van der Waals surface area contributed by atoms with E-state index in [1.54, 1.807) is 19.1 Å². The van der Waals surface area contributed by atoms with Crippen LogP contribution in [0.5, 0.6) is 5.75 Å². The molecule has 0 aliphatic heterocycles. The van der Waals surface area contributed by atoms with Gasteiger partial charge in [-0.05, 0) is 49.7 Å². The maximum Gasteiger partial charge on any atom is 0.338 e. The van der Waals surface area contributed by atoms with Gasteiger partial charge in [0.25, 0.3) is 0 Å². The smallest absolute Gasteiger partial charge is 0.338 e. The third kappa shape index (κ3) is 5.13. The molecule has 0 saturated carbocycles. The molecule has 0 aliphatic carbocycles. The number of benzene rings is 2. The minimum absolute atomic E-state index is 0.287. The Balaban J connectivity index is 1.68. The molecular formula is C18H21NO3. The van der Waals surface area contributed by atoms with E-state index < -0.39 is 0 Å². The number of para-hydroxylation sites is 1. The van der Waals surface area contributed by atoms with Crippen molar-refractivity contribution in [1.29, 1.82) is 0 Å². The lowest BCUT2D eigenvalue weighted by Gasteiger charge is -2.08. The fourth-order valence-electron chi connectivity index (χ4n) is 1.95. The Bertz CT molecular complexity index is 567.